The maximum atomic E-state index is 14.0. The number of hydrogen-bond acceptors (Lipinski definition) is 1. The van der Waals surface area contributed by atoms with Gasteiger partial charge in [0.15, 0.2) is 0 Å². The monoisotopic (exact) mass is 303 g/mol. The van der Waals surface area contributed by atoms with Crippen LogP contribution >= 0.6 is 11.6 Å². The van der Waals surface area contributed by atoms with Crippen LogP contribution in [0.2, 0.25) is 5.02 Å². The normalized spacial score (nSPS) is 18.0. The summed E-state index contributed by atoms with van der Waals surface area (Å²) in [5.74, 6) is -0.832. The molecule has 1 fully saturated rings. The molecular weight excluding hydrogens is 289 g/mol. The van der Waals surface area contributed by atoms with E-state index in [2.05, 4.69) is 0 Å². The van der Waals surface area contributed by atoms with E-state index in [1.54, 1.807) is 11.0 Å². The first-order valence-corrected chi connectivity index (χ1v) is 7.35. The average molecular weight is 304 g/mol. The van der Waals surface area contributed by atoms with Crippen molar-refractivity contribution in [1.29, 1.82) is 0 Å². The average Bonchev–Trinajstić information content (AvgIpc) is 2.97. The van der Waals surface area contributed by atoms with Crippen molar-refractivity contribution < 1.29 is 9.18 Å². The maximum absolute atomic E-state index is 14.0. The molecule has 0 aliphatic carbocycles. The van der Waals surface area contributed by atoms with Crippen molar-refractivity contribution in [1.82, 2.24) is 4.90 Å². The van der Waals surface area contributed by atoms with Crippen LogP contribution in [0.25, 0.3) is 0 Å². The van der Waals surface area contributed by atoms with Crippen LogP contribution in [0, 0.1) is 5.82 Å². The molecule has 108 valence electrons. The lowest BCUT2D eigenvalue weighted by Crippen LogP contribution is -2.31. The van der Waals surface area contributed by atoms with Gasteiger partial charge in [0.2, 0.25) is 0 Å². The highest BCUT2D eigenvalue weighted by Gasteiger charge is 2.31. The molecule has 1 aliphatic heterocycles. The maximum Gasteiger partial charge on any atom is 0.257 e. The molecule has 1 heterocycles. The summed E-state index contributed by atoms with van der Waals surface area (Å²) in [7, 11) is 0. The second-order valence-corrected chi connectivity index (χ2v) is 5.63. The first-order valence-electron chi connectivity index (χ1n) is 6.98. The van der Waals surface area contributed by atoms with E-state index >= 15 is 0 Å². The Kier molecular flexibility index (Phi) is 3.93. The Morgan fingerprint density at radius 1 is 1.19 bits per heavy atom. The molecule has 1 saturated heterocycles. The molecule has 0 unspecified atom stereocenters. The third-order valence-corrected chi connectivity index (χ3v) is 4.09. The van der Waals surface area contributed by atoms with Crippen LogP contribution in [0.4, 0.5) is 4.39 Å². The van der Waals surface area contributed by atoms with Crippen LogP contribution in [0.15, 0.2) is 48.5 Å². The molecule has 0 bridgehead atoms. The van der Waals surface area contributed by atoms with Crippen molar-refractivity contribution in [2.24, 2.45) is 0 Å². The first kappa shape index (κ1) is 14.1. The number of rotatable bonds is 2. The summed E-state index contributed by atoms with van der Waals surface area (Å²) in [4.78, 5) is 14.4. The van der Waals surface area contributed by atoms with Crippen molar-refractivity contribution in [3.05, 3.63) is 70.5 Å². The summed E-state index contributed by atoms with van der Waals surface area (Å²) >= 11 is 5.74. The molecule has 2 nitrogen and oxygen atoms in total. The zero-order valence-electron chi connectivity index (χ0n) is 11.4. The molecule has 0 spiro atoms. The summed E-state index contributed by atoms with van der Waals surface area (Å²) in [6.07, 6.45) is 1.84. The fourth-order valence-corrected chi connectivity index (χ4v) is 3.01. The second kappa shape index (κ2) is 5.86. The highest BCUT2D eigenvalue weighted by Crippen LogP contribution is 2.33. The van der Waals surface area contributed by atoms with Gasteiger partial charge in [-0.2, -0.15) is 0 Å². The molecule has 2 aromatic carbocycles. The van der Waals surface area contributed by atoms with Gasteiger partial charge < -0.3 is 4.90 Å². The lowest BCUT2D eigenvalue weighted by molar-refractivity contribution is 0.0731. The molecule has 21 heavy (non-hydrogen) atoms. The molecule has 4 heteroatoms. The highest BCUT2D eigenvalue weighted by molar-refractivity contribution is 6.30. The summed E-state index contributed by atoms with van der Waals surface area (Å²) in [6, 6.07) is 14.1. The van der Waals surface area contributed by atoms with Crippen molar-refractivity contribution >= 4 is 17.5 Å². The van der Waals surface area contributed by atoms with E-state index in [0.29, 0.717) is 11.6 Å². The number of carbonyl (C=O) groups is 1. The van der Waals surface area contributed by atoms with Crippen molar-refractivity contribution in [2.45, 2.75) is 18.9 Å². The van der Waals surface area contributed by atoms with E-state index in [1.807, 2.05) is 30.3 Å². The van der Waals surface area contributed by atoms with E-state index in [9.17, 15) is 9.18 Å². The zero-order valence-corrected chi connectivity index (χ0v) is 12.2. The molecule has 1 amide bonds. The highest BCUT2D eigenvalue weighted by atomic mass is 35.5. The van der Waals surface area contributed by atoms with E-state index < -0.39 is 5.82 Å². The SMILES string of the molecule is O=C(c1ccc(Cl)cc1F)N1CCC[C@@H]1c1ccccc1. The Morgan fingerprint density at radius 3 is 2.67 bits per heavy atom. The Bertz CT molecular complexity index is 659. The fraction of sp³-hybridized carbons (Fsp3) is 0.235. The van der Waals surface area contributed by atoms with Crippen LogP contribution < -0.4 is 0 Å². The number of benzene rings is 2. The second-order valence-electron chi connectivity index (χ2n) is 5.19. The van der Waals surface area contributed by atoms with Gasteiger partial charge in [0.05, 0.1) is 11.6 Å². The molecule has 0 radical (unpaired) electrons. The number of halogens is 2. The van der Waals surface area contributed by atoms with Gasteiger partial charge in [-0.1, -0.05) is 41.9 Å². The topological polar surface area (TPSA) is 20.3 Å². The summed E-state index contributed by atoms with van der Waals surface area (Å²) < 4.78 is 14.0. The van der Waals surface area contributed by atoms with Crippen LogP contribution in [0.3, 0.4) is 0 Å². The van der Waals surface area contributed by atoms with Crippen LogP contribution in [-0.2, 0) is 0 Å². The molecule has 3 rings (SSSR count). The Balaban J connectivity index is 1.90. The molecule has 0 saturated carbocycles. The van der Waals surface area contributed by atoms with Gasteiger partial charge >= 0.3 is 0 Å². The minimum absolute atomic E-state index is 0.0220. The quantitative estimate of drug-likeness (QED) is 0.802. The van der Waals surface area contributed by atoms with Gasteiger partial charge in [-0.05, 0) is 36.6 Å². The van der Waals surface area contributed by atoms with Crippen LogP contribution in [0.1, 0.15) is 34.8 Å². The zero-order chi connectivity index (χ0) is 14.8. The fourth-order valence-electron chi connectivity index (χ4n) is 2.85. The van der Waals surface area contributed by atoms with Gasteiger partial charge in [0.25, 0.3) is 5.91 Å². The molecule has 2 aromatic rings. The van der Waals surface area contributed by atoms with Crippen molar-refractivity contribution in [3.8, 4) is 0 Å². The predicted molar refractivity (Wildman–Crippen MR) is 80.9 cm³/mol. The molecule has 1 aliphatic rings. The number of amides is 1. The molecular formula is C17H15ClFNO. The third kappa shape index (κ3) is 2.79. The molecule has 0 aromatic heterocycles. The number of hydrogen-bond donors (Lipinski definition) is 0. The van der Waals surface area contributed by atoms with Gasteiger partial charge in [0, 0.05) is 11.6 Å². The standard InChI is InChI=1S/C17H15ClFNO/c18-13-8-9-14(15(19)11-13)17(21)20-10-4-7-16(20)12-5-2-1-3-6-12/h1-3,5-6,8-9,11,16H,4,7,10H2/t16-/m1/s1. The summed E-state index contributed by atoms with van der Waals surface area (Å²) in [6.45, 7) is 0.653. The minimum atomic E-state index is -0.564. The number of nitrogens with zero attached hydrogens (tertiary/aromatic N) is 1. The van der Waals surface area contributed by atoms with Gasteiger partial charge in [-0.3, -0.25) is 4.79 Å². The third-order valence-electron chi connectivity index (χ3n) is 3.86. The Hall–Kier alpha value is -1.87. The van der Waals surface area contributed by atoms with Crippen LogP contribution in [0.5, 0.6) is 0 Å². The summed E-state index contributed by atoms with van der Waals surface area (Å²) in [5, 5.41) is 0.296. The Morgan fingerprint density at radius 2 is 1.95 bits per heavy atom. The Labute approximate surface area is 128 Å². The number of carbonyl (C=O) groups excluding carboxylic acids is 1. The van der Waals surface area contributed by atoms with E-state index in [-0.39, 0.29) is 17.5 Å². The van der Waals surface area contributed by atoms with Crippen molar-refractivity contribution in [2.75, 3.05) is 6.54 Å². The first-order chi connectivity index (χ1) is 10.2. The lowest BCUT2D eigenvalue weighted by Gasteiger charge is -2.25. The van der Waals surface area contributed by atoms with Crippen molar-refractivity contribution in [3.63, 3.8) is 0 Å². The minimum Gasteiger partial charge on any atom is -0.332 e. The molecule has 0 N–H and O–H groups in total. The van der Waals surface area contributed by atoms with Crippen LogP contribution in [-0.4, -0.2) is 17.4 Å². The van der Waals surface area contributed by atoms with Gasteiger partial charge in [-0.15, -0.1) is 0 Å². The van der Waals surface area contributed by atoms with E-state index in [0.717, 1.165) is 18.4 Å². The van der Waals surface area contributed by atoms with Gasteiger partial charge in [0.1, 0.15) is 5.82 Å². The summed E-state index contributed by atoms with van der Waals surface area (Å²) in [5.41, 5.74) is 1.18. The smallest absolute Gasteiger partial charge is 0.257 e. The van der Waals surface area contributed by atoms with E-state index in [1.165, 1.54) is 12.1 Å². The predicted octanol–water partition coefficient (Wildman–Crippen LogP) is 4.46. The molecule has 1 atom stereocenters. The number of likely N-dealkylation sites (tertiary alicyclic amines) is 1. The van der Waals surface area contributed by atoms with E-state index in [4.69, 9.17) is 11.6 Å². The lowest BCUT2D eigenvalue weighted by atomic mass is 10.0. The largest absolute Gasteiger partial charge is 0.332 e. The van der Waals surface area contributed by atoms with Gasteiger partial charge in [-0.25, -0.2) is 4.39 Å².